The summed E-state index contributed by atoms with van der Waals surface area (Å²) in [5.41, 5.74) is 9.71. The molecule has 0 spiro atoms. The minimum atomic E-state index is 1.05. The van der Waals surface area contributed by atoms with Crippen molar-refractivity contribution in [2.24, 2.45) is 0 Å². The Morgan fingerprint density at radius 1 is 0.417 bits per heavy atom. The van der Waals surface area contributed by atoms with Gasteiger partial charge in [0.1, 0.15) is 0 Å². The van der Waals surface area contributed by atoms with Gasteiger partial charge in [0.25, 0.3) is 0 Å². The second-order valence-electron chi connectivity index (χ2n) is 9.27. The maximum absolute atomic E-state index is 4.84. The zero-order valence-corrected chi connectivity index (χ0v) is 20.3. The molecule has 0 aliphatic rings. The molecule has 4 aromatic carbocycles. The lowest BCUT2D eigenvalue weighted by Crippen LogP contribution is -2.14. The largest absolute Gasteiger partial charge is 0.232 e. The van der Waals surface area contributed by atoms with Crippen LogP contribution in [0.3, 0.4) is 0 Å². The average molecular weight is 469 g/mol. The Morgan fingerprint density at radius 3 is 1.00 bits per heavy atom. The van der Waals surface area contributed by atoms with E-state index in [0.717, 1.165) is 66.5 Å². The molecule has 0 aliphatic carbocycles. The standard InChI is InChI=1S/C30H24N6/c1-19-28(34-25-13-7-4-10-22(25)16-31-34)20(2)30(36-27-15-9-6-12-24(27)18-33-36)21(3)29(19)35-26-14-8-5-11-23(26)17-32-35/h4-18H,1-3H3. The number of fused-ring (bicyclic) bond motifs is 3. The van der Waals surface area contributed by atoms with Crippen LogP contribution in [0, 0.1) is 20.8 Å². The molecule has 0 aliphatic heterocycles. The van der Waals surface area contributed by atoms with Crippen LogP contribution in [-0.4, -0.2) is 29.3 Å². The number of benzene rings is 4. The van der Waals surface area contributed by atoms with E-state index >= 15 is 0 Å². The lowest BCUT2D eigenvalue weighted by atomic mass is 9.98. The third-order valence-corrected chi connectivity index (χ3v) is 7.20. The molecule has 0 unspecified atom stereocenters. The number of rotatable bonds is 3. The molecule has 0 fully saturated rings. The third-order valence-electron chi connectivity index (χ3n) is 7.20. The summed E-state index contributed by atoms with van der Waals surface area (Å²) in [6, 6.07) is 25.0. The molecule has 0 amide bonds. The smallest absolute Gasteiger partial charge is 0.0754 e. The van der Waals surface area contributed by atoms with E-state index < -0.39 is 0 Å². The van der Waals surface area contributed by atoms with Gasteiger partial charge in [0, 0.05) is 32.8 Å². The monoisotopic (exact) mass is 468 g/mol. The number of nitrogens with zero attached hydrogens (tertiary/aromatic N) is 6. The van der Waals surface area contributed by atoms with Crippen molar-refractivity contribution in [2.45, 2.75) is 20.8 Å². The molecule has 0 bridgehead atoms. The van der Waals surface area contributed by atoms with Crippen molar-refractivity contribution in [3.05, 3.63) is 108 Å². The molecule has 0 saturated heterocycles. The highest BCUT2D eigenvalue weighted by Crippen LogP contribution is 2.37. The molecule has 0 N–H and O–H groups in total. The summed E-state index contributed by atoms with van der Waals surface area (Å²) in [7, 11) is 0. The predicted octanol–water partition coefficient (Wildman–Crippen LogP) is 6.63. The highest BCUT2D eigenvalue weighted by Gasteiger charge is 2.24. The van der Waals surface area contributed by atoms with Crippen molar-refractivity contribution in [3.63, 3.8) is 0 Å². The predicted molar refractivity (Wildman–Crippen MR) is 145 cm³/mol. The topological polar surface area (TPSA) is 53.5 Å². The molecule has 6 heteroatoms. The Hall–Kier alpha value is -4.71. The van der Waals surface area contributed by atoms with Crippen molar-refractivity contribution in [3.8, 4) is 17.1 Å². The second-order valence-corrected chi connectivity index (χ2v) is 9.27. The van der Waals surface area contributed by atoms with Crippen LogP contribution in [0.1, 0.15) is 16.7 Å². The van der Waals surface area contributed by atoms with Gasteiger partial charge in [0.2, 0.25) is 0 Å². The van der Waals surface area contributed by atoms with Gasteiger partial charge in [0.05, 0.1) is 52.2 Å². The number of aromatic nitrogens is 6. The van der Waals surface area contributed by atoms with Gasteiger partial charge < -0.3 is 0 Å². The van der Waals surface area contributed by atoms with Gasteiger partial charge in [-0.3, -0.25) is 0 Å². The minimum absolute atomic E-state index is 1.05. The lowest BCUT2D eigenvalue weighted by Gasteiger charge is -2.23. The summed E-state index contributed by atoms with van der Waals surface area (Å²) in [4.78, 5) is 0. The Labute approximate surface area is 208 Å². The minimum Gasteiger partial charge on any atom is -0.232 e. The van der Waals surface area contributed by atoms with Gasteiger partial charge in [-0.25, -0.2) is 14.0 Å². The van der Waals surface area contributed by atoms with E-state index in [9.17, 15) is 0 Å². The van der Waals surface area contributed by atoms with Crippen LogP contribution in [0.5, 0.6) is 0 Å². The van der Waals surface area contributed by atoms with Crippen molar-refractivity contribution in [1.82, 2.24) is 29.3 Å². The fourth-order valence-corrected chi connectivity index (χ4v) is 5.58. The molecule has 0 saturated carbocycles. The first-order valence-corrected chi connectivity index (χ1v) is 12.1. The maximum atomic E-state index is 4.84. The summed E-state index contributed by atoms with van der Waals surface area (Å²) >= 11 is 0. The first-order valence-electron chi connectivity index (χ1n) is 12.1. The van der Waals surface area contributed by atoms with Gasteiger partial charge in [-0.1, -0.05) is 54.6 Å². The van der Waals surface area contributed by atoms with E-state index in [2.05, 4.69) is 89.4 Å². The van der Waals surface area contributed by atoms with Crippen molar-refractivity contribution < 1.29 is 0 Å². The van der Waals surface area contributed by atoms with E-state index in [-0.39, 0.29) is 0 Å². The fourth-order valence-electron chi connectivity index (χ4n) is 5.58. The Kier molecular flexibility index (Phi) is 4.39. The summed E-state index contributed by atoms with van der Waals surface area (Å²) < 4.78 is 6.18. The number of para-hydroxylation sites is 3. The number of hydrogen-bond acceptors (Lipinski definition) is 3. The van der Waals surface area contributed by atoms with Crippen molar-refractivity contribution in [1.29, 1.82) is 0 Å². The second kappa shape index (κ2) is 7.65. The summed E-state index contributed by atoms with van der Waals surface area (Å²) in [5.74, 6) is 0. The van der Waals surface area contributed by atoms with Crippen LogP contribution in [0.15, 0.2) is 91.4 Å². The molecular weight excluding hydrogens is 444 g/mol. The van der Waals surface area contributed by atoms with Crippen LogP contribution in [0.4, 0.5) is 0 Å². The number of hydrogen-bond donors (Lipinski definition) is 0. The molecule has 36 heavy (non-hydrogen) atoms. The van der Waals surface area contributed by atoms with E-state index in [4.69, 9.17) is 15.3 Å². The SMILES string of the molecule is Cc1c(-n2ncc3ccccc32)c(C)c(-n2ncc3ccccc32)c(C)c1-n1ncc2ccccc21. The van der Waals surface area contributed by atoms with Gasteiger partial charge in [-0.05, 0) is 39.0 Å². The van der Waals surface area contributed by atoms with Gasteiger partial charge in [-0.15, -0.1) is 0 Å². The lowest BCUT2D eigenvalue weighted by molar-refractivity contribution is 0.832. The van der Waals surface area contributed by atoms with E-state index in [1.54, 1.807) is 0 Å². The Morgan fingerprint density at radius 2 is 0.694 bits per heavy atom. The molecule has 174 valence electrons. The van der Waals surface area contributed by atoms with Crippen LogP contribution in [0.25, 0.3) is 49.8 Å². The summed E-state index contributed by atoms with van der Waals surface area (Å²) in [6.45, 7) is 6.51. The van der Waals surface area contributed by atoms with Crippen molar-refractivity contribution >= 4 is 32.7 Å². The van der Waals surface area contributed by atoms with Gasteiger partial charge in [-0.2, -0.15) is 15.3 Å². The Bertz CT molecular complexity index is 1690. The van der Waals surface area contributed by atoms with E-state index in [1.807, 2.05) is 36.8 Å². The van der Waals surface area contributed by atoms with Crippen LogP contribution >= 0.6 is 0 Å². The van der Waals surface area contributed by atoms with Crippen LogP contribution in [-0.2, 0) is 0 Å². The van der Waals surface area contributed by atoms with E-state index in [1.165, 1.54) is 0 Å². The van der Waals surface area contributed by atoms with E-state index in [0.29, 0.717) is 0 Å². The van der Waals surface area contributed by atoms with Crippen molar-refractivity contribution in [2.75, 3.05) is 0 Å². The van der Waals surface area contributed by atoms with Gasteiger partial charge in [0.15, 0.2) is 0 Å². The first kappa shape index (κ1) is 20.6. The molecule has 0 radical (unpaired) electrons. The quantitative estimate of drug-likeness (QED) is 0.292. The molecule has 6 nitrogen and oxygen atoms in total. The van der Waals surface area contributed by atoms with Crippen LogP contribution in [0.2, 0.25) is 0 Å². The fraction of sp³-hybridized carbons (Fsp3) is 0.100. The molecule has 3 heterocycles. The molecular formula is C30H24N6. The molecule has 7 rings (SSSR count). The average Bonchev–Trinajstić information content (AvgIpc) is 3.62. The van der Waals surface area contributed by atoms with Gasteiger partial charge >= 0.3 is 0 Å². The zero-order valence-electron chi connectivity index (χ0n) is 20.3. The maximum Gasteiger partial charge on any atom is 0.0754 e. The molecule has 7 aromatic rings. The summed E-state index contributed by atoms with van der Waals surface area (Å²) in [6.07, 6.45) is 5.79. The first-order chi connectivity index (χ1) is 17.6. The molecule has 3 aromatic heterocycles. The summed E-state index contributed by atoms with van der Waals surface area (Å²) in [5, 5.41) is 17.8. The highest BCUT2D eigenvalue weighted by atomic mass is 15.3. The molecule has 0 atom stereocenters. The highest BCUT2D eigenvalue weighted by molar-refractivity contribution is 5.86. The normalized spacial score (nSPS) is 11.8. The zero-order chi connectivity index (χ0) is 24.4. The Balaban J connectivity index is 1.64. The van der Waals surface area contributed by atoms with Crippen LogP contribution < -0.4 is 0 Å². The third kappa shape index (κ3) is 2.81.